The highest BCUT2D eigenvalue weighted by molar-refractivity contribution is 6.42. The van der Waals surface area contributed by atoms with E-state index in [4.69, 9.17) is 23.2 Å². The van der Waals surface area contributed by atoms with Crippen LogP contribution in [0.3, 0.4) is 0 Å². The summed E-state index contributed by atoms with van der Waals surface area (Å²) in [6.45, 7) is 3.13. The molecule has 1 fully saturated rings. The van der Waals surface area contributed by atoms with Gasteiger partial charge in [-0.05, 0) is 44.0 Å². The first-order chi connectivity index (χ1) is 9.06. The highest BCUT2D eigenvalue weighted by Crippen LogP contribution is 2.22. The molecule has 1 aromatic carbocycles. The van der Waals surface area contributed by atoms with Crippen LogP contribution in [0.5, 0.6) is 0 Å². The van der Waals surface area contributed by atoms with Gasteiger partial charge in [0.25, 0.3) is 0 Å². The number of hydrogen-bond donors (Lipinski definition) is 2. The Bertz CT molecular complexity index is 465. The van der Waals surface area contributed by atoms with Gasteiger partial charge in [-0.2, -0.15) is 0 Å². The molecule has 0 saturated carbocycles. The minimum absolute atomic E-state index is 0.0268. The van der Waals surface area contributed by atoms with Crippen molar-refractivity contribution in [3.8, 4) is 0 Å². The zero-order valence-corrected chi connectivity index (χ0v) is 12.4. The van der Waals surface area contributed by atoms with Crippen LogP contribution in [-0.4, -0.2) is 24.5 Å². The van der Waals surface area contributed by atoms with Crippen LogP contribution in [0.25, 0.3) is 0 Å². The second-order valence-electron chi connectivity index (χ2n) is 4.98. The molecule has 19 heavy (non-hydrogen) atoms. The Balaban J connectivity index is 1.91. The lowest BCUT2D eigenvalue weighted by Crippen LogP contribution is -2.52. The van der Waals surface area contributed by atoms with Gasteiger partial charge in [-0.15, -0.1) is 0 Å². The van der Waals surface area contributed by atoms with Crippen molar-refractivity contribution in [2.45, 2.75) is 38.3 Å². The van der Waals surface area contributed by atoms with Crippen molar-refractivity contribution in [3.63, 3.8) is 0 Å². The number of rotatable bonds is 3. The first-order valence-electron chi connectivity index (χ1n) is 6.53. The minimum atomic E-state index is 0.0268. The molecular weight excluding hydrogens is 283 g/mol. The molecule has 3 nitrogen and oxygen atoms in total. The molecule has 0 bridgehead atoms. The quantitative estimate of drug-likeness (QED) is 0.901. The van der Waals surface area contributed by atoms with E-state index in [1.165, 1.54) is 0 Å². The van der Waals surface area contributed by atoms with E-state index in [0.717, 1.165) is 24.9 Å². The summed E-state index contributed by atoms with van der Waals surface area (Å²) in [7, 11) is 0. The number of halogens is 2. The first kappa shape index (κ1) is 14.6. The lowest BCUT2D eigenvalue weighted by atomic mass is 9.99. The van der Waals surface area contributed by atoms with Gasteiger partial charge in [0.1, 0.15) is 0 Å². The number of nitrogens with one attached hydrogen (secondary N) is 2. The van der Waals surface area contributed by atoms with Gasteiger partial charge >= 0.3 is 0 Å². The smallest absolute Gasteiger partial charge is 0.224 e. The summed E-state index contributed by atoms with van der Waals surface area (Å²) in [5.74, 6) is 0.0268. The van der Waals surface area contributed by atoms with Gasteiger partial charge in [-0.1, -0.05) is 29.3 Å². The summed E-state index contributed by atoms with van der Waals surface area (Å²) in [6, 6.07) is 5.83. The van der Waals surface area contributed by atoms with Gasteiger partial charge in [0.15, 0.2) is 0 Å². The molecule has 1 aromatic rings. The van der Waals surface area contributed by atoms with Crippen LogP contribution in [0.1, 0.15) is 25.3 Å². The van der Waals surface area contributed by atoms with Crippen molar-refractivity contribution in [1.82, 2.24) is 10.6 Å². The van der Waals surface area contributed by atoms with Crippen molar-refractivity contribution in [2.24, 2.45) is 0 Å². The van der Waals surface area contributed by atoms with Gasteiger partial charge in [0.05, 0.1) is 16.5 Å². The standard InChI is InChI=1S/C14H18Cl2N2O/c1-9-13(3-2-6-17-9)18-14(19)8-10-4-5-11(15)12(16)7-10/h4-5,7,9,13,17H,2-3,6,8H2,1H3,(H,18,19). The Hall–Kier alpha value is -0.770. The van der Waals surface area contributed by atoms with E-state index in [9.17, 15) is 4.79 Å². The molecule has 5 heteroatoms. The number of carbonyl (C=O) groups is 1. The number of carbonyl (C=O) groups excluding carboxylic acids is 1. The van der Waals surface area contributed by atoms with Crippen molar-refractivity contribution in [3.05, 3.63) is 33.8 Å². The molecule has 2 unspecified atom stereocenters. The highest BCUT2D eigenvalue weighted by atomic mass is 35.5. The zero-order chi connectivity index (χ0) is 13.8. The predicted molar refractivity (Wildman–Crippen MR) is 78.8 cm³/mol. The third-order valence-electron chi connectivity index (χ3n) is 3.46. The summed E-state index contributed by atoms with van der Waals surface area (Å²) in [5.41, 5.74) is 0.878. The second kappa shape index (κ2) is 6.60. The Morgan fingerprint density at radius 1 is 1.42 bits per heavy atom. The highest BCUT2D eigenvalue weighted by Gasteiger charge is 2.22. The Labute approximate surface area is 123 Å². The topological polar surface area (TPSA) is 41.1 Å². The maximum absolute atomic E-state index is 12.0. The van der Waals surface area contributed by atoms with Crippen molar-refractivity contribution >= 4 is 29.1 Å². The summed E-state index contributed by atoms with van der Waals surface area (Å²) in [5, 5.41) is 7.43. The summed E-state index contributed by atoms with van der Waals surface area (Å²) in [6.07, 6.45) is 2.46. The van der Waals surface area contributed by atoms with Crippen LogP contribution >= 0.6 is 23.2 Å². The van der Waals surface area contributed by atoms with Crippen LogP contribution in [0.15, 0.2) is 18.2 Å². The molecule has 2 N–H and O–H groups in total. The van der Waals surface area contributed by atoms with Gasteiger partial charge in [0, 0.05) is 12.1 Å². The summed E-state index contributed by atoms with van der Waals surface area (Å²) in [4.78, 5) is 12.0. The largest absolute Gasteiger partial charge is 0.352 e. The van der Waals surface area contributed by atoms with E-state index in [1.807, 2.05) is 6.07 Å². The molecule has 2 atom stereocenters. The molecule has 1 heterocycles. The summed E-state index contributed by atoms with van der Waals surface area (Å²) >= 11 is 11.8. The molecule has 1 aliphatic heterocycles. The van der Waals surface area contributed by atoms with Crippen LogP contribution in [0.2, 0.25) is 10.0 Å². The van der Waals surface area contributed by atoms with E-state index < -0.39 is 0 Å². The average molecular weight is 301 g/mol. The molecule has 1 amide bonds. The Morgan fingerprint density at radius 3 is 2.89 bits per heavy atom. The maximum Gasteiger partial charge on any atom is 0.224 e. The van der Waals surface area contributed by atoms with E-state index in [0.29, 0.717) is 22.5 Å². The Morgan fingerprint density at radius 2 is 2.21 bits per heavy atom. The van der Waals surface area contributed by atoms with Crippen LogP contribution in [0, 0.1) is 0 Å². The number of piperidine rings is 1. The number of amides is 1. The van der Waals surface area contributed by atoms with Gasteiger partial charge in [-0.25, -0.2) is 0 Å². The predicted octanol–water partition coefficient (Wildman–Crippen LogP) is 2.79. The monoisotopic (exact) mass is 300 g/mol. The van der Waals surface area contributed by atoms with Crippen LogP contribution < -0.4 is 10.6 Å². The molecule has 2 rings (SSSR count). The first-order valence-corrected chi connectivity index (χ1v) is 7.28. The van der Waals surface area contributed by atoms with Crippen molar-refractivity contribution < 1.29 is 4.79 Å². The van der Waals surface area contributed by atoms with E-state index >= 15 is 0 Å². The number of hydrogen-bond acceptors (Lipinski definition) is 2. The molecule has 0 aliphatic carbocycles. The Kier molecular flexibility index (Phi) is 5.08. The molecule has 104 valence electrons. The fourth-order valence-electron chi connectivity index (χ4n) is 2.33. The van der Waals surface area contributed by atoms with Gasteiger partial charge in [-0.3, -0.25) is 4.79 Å². The SMILES string of the molecule is CC1NCCCC1NC(=O)Cc1ccc(Cl)c(Cl)c1. The van der Waals surface area contributed by atoms with E-state index in [1.54, 1.807) is 12.1 Å². The third-order valence-corrected chi connectivity index (χ3v) is 4.20. The normalized spacial score (nSPS) is 23.1. The molecule has 1 aliphatic rings. The summed E-state index contributed by atoms with van der Waals surface area (Å²) < 4.78 is 0. The second-order valence-corrected chi connectivity index (χ2v) is 5.80. The number of benzene rings is 1. The van der Waals surface area contributed by atoms with Crippen molar-refractivity contribution in [2.75, 3.05) is 6.54 Å². The minimum Gasteiger partial charge on any atom is -0.352 e. The molecule has 1 saturated heterocycles. The van der Waals surface area contributed by atoms with Gasteiger partial charge < -0.3 is 10.6 Å². The fourth-order valence-corrected chi connectivity index (χ4v) is 2.65. The van der Waals surface area contributed by atoms with E-state index in [2.05, 4.69) is 17.6 Å². The van der Waals surface area contributed by atoms with Crippen LogP contribution in [0.4, 0.5) is 0 Å². The lowest BCUT2D eigenvalue weighted by Gasteiger charge is -2.30. The molecule has 0 spiro atoms. The fraction of sp³-hybridized carbons (Fsp3) is 0.500. The lowest BCUT2D eigenvalue weighted by molar-refractivity contribution is -0.121. The molecular formula is C14H18Cl2N2O. The third kappa shape index (κ3) is 4.10. The van der Waals surface area contributed by atoms with Crippen LogP contribution in [-0.2, 0) is 11.2 Å². The van der Waals surface area contributed by atoms with Gasteiger partial charge in [0.2, 0.25) is 5.91 Å². The molecule has 0 radical (unpaired) electrons. The molecule has 0 aromatic heterocycles. The average Bonchev–Trinajstić information content (AvgIpc) is 2.37. The van der Waals surface area contributed by atoms with Crippen molar-refractivity contribution in [1.29, 1.82) is 0 Å². The van der Waals surface area contributed by atoms with E-state index in [-0.39, 0.29) is 11.9 Å². The maximum atomic E-state index is 12.0. The zero-order valence-electron chi connectivity index (χ0n) is 10.9.